The van der Waals surface area contributed by atoms with Crippen molar-refractivity contribution in [3.63, 3.8) is 0 Å². The van der Waals surface area contributed by atoms with E-state index in [9.17, 15) is 0 Å². The van der Waals surface area contributed by atoms with Gasteiger partial charge in [0.05, 0.1) is 6.54 Å². The van der Waals surface area contributed by atoms with Crippen LogP contribution < -0.4 is 15.4 Å². The van der Waals surface area contributed by atoms with Crippen LogP contribution in [-0.4, -0.2) is 56.2 Å². The van der Waals surface area contributed by atoms with Crippen LogP contribution in [0, 0.1) is 0 Å². The topological polar surface area (TPSA) is 48.9 Å². The summed E-state index contributed by atoms with van der Waals surface area (Å²) in [6.07, 6.45) is 4.20. The Morgan fingerprint density at radius 2 is 2.19 bits per heavy atom. The molecular weight excluding hydrogens is 463 g/mol. The molecule has 1 aromatic rings. The molecule has 1 aliphatic rings. The largest absolute Gasteiger partial charge is 0.489 e. The number of nitrogens with one attached hydrogen (secondary N) is 2. The van der Waals surface area contributed by atoms with Crippen molar-refractivity contribution in [3.8, 4) is 5.75 Å². The van der Waals surface area contributed by atoms with E-state index in [-0.39, 0.29) is 30.1 Å². The third-order valence-corrected chi connectivity index (χ3v) is 4.46. The minimum atomic E-state index is 0. The van der Waals surface area contributed by atoms with Gasteiger partial charge < -0.3 is 15.4 Å². The predicted molar refractivity (Wildman–Crippen MR) is 121 cm³/mol. The Morgan fingerprint density at radius 3 is 2.81 bits per heavy atom. The number of rotatable bonds is 7. The molecule has 2 rings (SSSR count). The lowest BCUT2D eigenvalue weighted by molar-refractivity contribution is 0.219. The summed E-state index contributed by atoms with van der Waals surface area (Å²) in [5, 5.41) is 7.52. The zero-order chi connectivity index (χ0) is 18.1. The second-order valence-electron chi connectivity index (χ2n) is 6.35. The van der Waals surface area contributed by atoms with Gasteiger partial charge in [-0.05, 0) is 38.0 Å². The number of nitrogens with zero attached hydrogens (tertiary/aromatic N) is 2. The average molecular weight is 493 g/mol. The third kappa shape index (κ3) is 8.14. The van der Waals surface area contributed by atoms with Crippen LogP contribution in [-0.2, 0) is 0 Å². The Balaban J connectivity index is 0.00000338. The van der Waals surface area contributed by atoms with E-state index in [0.29, 0.717) is 17.6 Å². The van der Waals surface area contributed by atoms with Crippen molar-refractivity contribution in [1.29, 1.82) is 0 Å². The number of guanidine groups is 1. The minimum Gasteiger partial charge on any atom is -0.489 e. The molecule has 146 valence electrons. The highest BCUT2D eigenvalue weighted by atomic mass is 127. The van der Waals surface area contributed by atoms with Crippen molar-refractivity contribution in [1.82, 2.24) is 15.5 Å². The molecule has 1 atom stereocenters. The molecule has 0 bridgehead atoms. The first kappa shape index (κ1) is 23.0. The van der Waals surface area contributed by atoms with Gasteiger partial charge in [0.25, 0.3) is 0 Å². The summed E-state index contributed by atoms with van der Waals surface area (Å²) < 4.78 is 5.88. The van der Waals surface area contributed by atoms with E-state index in [1.807, 2.05) is 37.3 Å². The van der Waals surface area contributed by atoms with Crippen molar-refractivity contribution < 1.29 is 4.74 Å². The van der Waals surface area contributed by atoms with E-state index in [1.165, 1.54) is 0 Å². The van der Waals surface area contributed by atoms with Crippen LogP contribution in [0.3, 0.4) is 0 Å². The van der Waals surface area contributed by atoms with Gasteiger partial charge in [-0.15, -0.1) is 30.6 Å². The highest BCUT2D eigenvalue weighted by molar-refractivity contribution is 14.0. The molecule has 0 aliphatic carbocycles. The van der Waals surface area contributed by atoms with Crippen LogP contribution in [0.2, 0.25) is 5.02 Å². The first-order valence-electron chi connectivity index (χ1n) is 8.83. The fourth-order valence-electron chi connectivity index (χ4n) is 2.89. The number of piperidine rings is 1. The molecule has 5 nitrogen and oxygen atoms in total. The lowest BCUT2D eigenvalue weighted by Gasteiger charge is -2.32. The fourth-order valence-corrected chi connectivity index (χ4v) is 3.07. The highest BCUT2D eigenvalue weighted by Crippen LogP contribution is 2.18. The first-order valence-corrected chi connectivity index (χ1v) is 9.21. The Bertz CT molecular complexity index is 576. The maximum Gasteiger partial charge on any atom is 0.191 e. The Kier molecular flexibility index (Phi) is 11.0. The van der Waals surface area contributed by atoms with E-state index < -0.39 is 0 Å². The average Bonchev–Trinajstić information content (AvgIpc) is 2.60. The molecule has 0 amide bonds. The van der Waals surface area contributed by atoms with Crippen LogP contribution in [0.25, 0.3) is 0 Å². The normalized spacial score (nSPS) is 17.1. The zero-order valence-corrected chi connectivity index (χ0v) is 18.7. The van der Waals surface area contributed by atoms with Crippen LogP contribution >= 0.6 is 35.6 Å². The van der Waals surface area contributed by atoms with Gasteiger partial charge in [0, 0.05) is 37.7 Å². The molecule has 0 aromatic heterocycles. The Hall–Kier alpha value is -0.990. The maximum absolute atomic E-state index is 5.98. The number of aliphatic imine (C=N–C) groups is 1. The number of halogens is 2. The summed E-state index contributed by atoms with van der Waals surface area (Å²) in [6.45, 7) is 9.65. The van der Waals surface area contributed by atoms with Crippen LogP contribution in [0.15, 0.2) is 41.9 Å². The van der Waals surface area contributed by atoms with Crippen LogP contribution in [0.5, 0.6) is 5.75 Å². The quantitative estimate of drug-likeness (QED) is 0.265. The molecule has 1 fully saturated rings. The molecule has 0 radical (unpaired) electrons. The predicted octanol–water partition coefficient (Wildman–Crippen LogP) is 3.54. The second-order valence-corrected chi connectivity index (χ2v) is 6.78. The van der Waals surface area contributed by atoms with Crippen molar-refractivity contribution in [2.24, 2.45) is 4.99 Å². The van der Waals surface area contributed by atoms with Gasteiger partial charge in [0.15, 0.2) is 5.96 Å². The molecule has 1 aliphatic heterocycles. The molecule has 1 heterocycles. The van der Waals surface area contributed by atoms with Gasteiger partial charge in [-0.25, -0.2) is 0 Å². The highest BCUT2D eigenvalue weighted by Gasteiger charge is 2.19. The standard InChI is InChI=1S/C19H29ClN4O.HI/c1-4-10-24-11-8-17(9-12-24)23-19(21-3)22-14-15(2)25-18-7-5-6-16(20)13-18;/h4-7,13,15,17H,1,8-12,14H2,2-3H3,(H2,21,22,23);1H. The van der Waals surface area contributed by atoms with E-state index in [2.05, 4.69) is 27.1 Å². The number of likely N-dealkylation sites (tertiary alicyclic amines) is 1. The number of ether oxygens (including phenoxy) is 1. The van der Waals surface area contributed by atoms with Gasteiger partial charge in [-0.1, -0.05) is 23.7 Å². The monoisotopic (exact) mass is 492 g/mol. The van der Waals surface area contributed by atoms with Gasteiger partial charge in [-0.3, -0.25) is 9.89 Å². The van der Waals surface area contributed by atoms with Crippen molar-refractivity contribution in [3.05, 3.63) is 41.9 Å². The lowest BCUT2D eigenvalue weighted by Crippen LogP contribution is -2.50. The van der Waals surface area contributed by atoms with E-state index in [4.69, 9.17) is 16.3 Å². The van der Waals surface area contributed by atoms with Gasteiger partial charge in [-0.2, -0.15) is 0 Å². The maximum atomic E-state index is 5.98. The summed E-state index contributed by atoms with van der Waals surface area (Å²) in [5.74, 6) is 1.60. The number of hydrogen-bond donors (Lipinski definition) is 2. The molecule has 1 saturated heterocycles. The summed E-state index contributed by atoms with van der Waals surface area (Å²) in [7, 11) is 1.80. The van der Waals surface area contributed by atoms with Gasteiger partial charge >= 0.3 is 0 Å². The van der Waals surface area contributed by atoms with E-state index in [1.54, 1.807) is 7.05 Å². The number of benzene rings is 1. The summed E-state index contributed by atoms with van der Waals surface area (Å²) in [4.78, 5) is 6.74. The summed E-state index contributed by atoms with van der Waals surface area (Å²) >= 11 is 5.98. The Morgan fingerprint density at radius 1 is 1.46 bits per heavy atom. The fraction of sp³-hybridized carbons (Fsp3) is 0.526. The van der Waals surface area contributed by atoms with E-state index >= 15 is 0 Å². The molecule has 0 saturated carbocycles. The van der Waals surface area contributed by atoms with E-state index in [0.717, 1.165) is 44.2 Å². The molecule has 0 spiro atoms. The van der Waals surface area contributed by atoms with Gasteiger partial charge in [0.1, 0.15) is 11.9 Å². The van der Waals surface area contributed by atoms with Gasteiger partial charge in [0.2, 0.25) is 0 Å². The SMILES string of the molecule is C=CCN1CCC(NC(=NC)NCC(C)Oc2cccc(Cl)c2)CC1.I. The lowest BCUT2D eigenvalue weighted by atomic mass is 10.1. The zero-order valence-electron chi connectivity index (χ0n) is 15.6. The van der Waals surface area contributed by atoms with Crippen molar-refractivity contribution in [2.75, 3.05) is 33.2 Å². The van der Waals surface area contributed by atoms with Crippen LogP contribution in [0.4, 0.5) is 0 Å². The molecule has 2 N–H and O–H groups in total. The van der Waals surface area contributed by atoms with Crippen LogP contribution in [0.1, 0.15) is 19.8 Å². The first-order chi connectivity index (χ1) is 12.1. The molecule has 7 heteroatoms. The summed E-state index contributed by atoms with van der Waals surface area (Å²) in [5.41, 5.74) is 0. The summed E-state index contributed by atoms with van der Waals surface area (Å²) in [6, 6.07) is 7.91. The van der Waals surface area contributed by atoms with Crippen molar-refractivity contribution >= 4 is 41.5 Å². The molecule has 26 heavy (non-hydrogen) atoms. The number of hydrogen-bond acceptors (Lipinski definition) is 3. The van der Waals surface area contributed by atoms with Crippen molar-refractivity contribution in [2.45, 2.75) is 31.9 Å². The minimum absolute atomic E-state index is 0. The molecular formula is C19H30ClIN4O. The smallest absolute Gasteiger partial charge is 0.191 e. The Labute approximate surface area is 179 Å². The molecule has 1 unspecified atom stereocenters. The molecule has 1 aromatic carbocycles. The second kappa shape index (κ2) is 12.4. The third-order valence-electron chi connectivity index (χ3n) is 4.23.